The molecule has 38 heavy (non-hydrogen) atoms. The van der Waals surface area contributed by atoms with Crippen molar-refractivity contribution in [2.75, 3.05) is 17.6 Å². The molecule has 8 nitrogen and oxygen atoms in total. The number of aliphatic hydroxyl groups is 1. The van der Waals surface area contributed by atoms with Crippen LogP contribution in [0.4, 0.5) is 10.5 Å². The Kier molecular flexibility index (Phi) is 9.41. The molecule has 3 aromatic carbocycles. The lowest BCUT2D eigenvalue weighted by Crippen LogP contribution is -2.38. The summed E-state index contributed by atoms with van der Waals surface area (Å²) in [4.78, 5) is 24.2. The van der Waals surface area contributed by atoms with Gasteiger partial charge < -0.3 is 30.3 Å². The molecular formula is C29H32N2O6S. The first-order valence-electron chi connectivity index (χ1n) is 12.5. The highest BCUT2D eigenvalue weighted by Crippen LogP contribution is 2.43. The Bertz CT molecular complexity index is 1230. The zero-order valence-electron chi connectivity index (χ0n) is 21.3. The second kappa shape index (κ2) is 12.9. The van der Waals surface area contributed by atoms with Crippen LogP contribution in [-0.4, -0.2) is 40.6 Å². The van der Waals surface area contributed by atoms with E-state index in [-0.39, 0.29) is 36.3 Å². The molecule has 4 unspecified atom stereocenters. The van der Waals surface area contributed by atoms with Crippen LogP contribution < -0.4 is 10.6 Å². The molecule has 0 spiro atoms. The van der Waals surface area contributed by atoms with Gasteiger partial charge in [-0.05, 0) is 42.3 Å². The van der Waals surface area contributed by atoms with E-state index in [1.807, 2.05) is 49.4 Å². The van der Waals surface area contributed by atoms with Gasteiger partial charge in [-0.15, -0.1) is 11.8 Å². The predicted octanol–water partition coefficient (Wildman–Crippen LogP) is 5.60. The van der Waals surface area contributed by atoms with Crippen LogP contribution in [0, 0.1) is 5.92 Å². The molecule has 4 N–H and O–H groups in total. The molecule has 200 valence electrons. The van der Waals surface area contributed by atoms with E-state index in [0.717, 1.165) is 16.7 Å². The van der Waals surface area contributed by atoms with Crippen molar-refractivity contribution >= 4 is 29.4 Å². The molecule has 0 radical (unpaired) electrons. The maximum atomic E-state index is 11.9. The third-order valence-electron chi connectivity index (χ3n) is 6.42. The van der Waals surface area contributed by atoms with Crippen molar-refractivity contribution in [1.29, 1.82) is 0 Å². The zero-order valence-corrected chi connectivity index (χ0v) is 22.1. The molecule has 3 aromatic rings. The highest BCUT2D eigenvalue weighted by atomic mass is 32.2. The van der Waals surface area contributed by atoms with Crippen LogP contribution in [0.25, 0.3) is 0 Å². The maximum absolute atomic E-state index is 11.9. The summed E-state index contributed by atoms with van der Waals surface area (Å²) in [6.45, 7) is 4.41. The van der Waals surface area contributed by atoms with Gasteiger partial charge in [0.25, 0.3) is 0 Å². The normalized spacial score (nSPS) is 21.0. The second-order valence-electron chi connectivity index (χ2n) is 9.04. The molecule has 2 amide bonds. The first kappa shape index (κ1) is 27.7. The maximum Gasteiger partial charge on any atom is 0.336 e. The number of carboxylic acid groups (broad SMARTS) is 1. The number of carbonyl (C=O) groups is 2. The van der Waals surface area contributed by atoms with Crippen LogP contribution in [0.2, 0.25) is 0 Å². The van der Waals surface area contributed by atoms with Crippen LogP contribution in [0.1, 0.15) is 53.3 Å². The third kappa shape index (κ3) is 6.73. The Hall–Kier alpha value is -3.37. The molecule has 1 aliphatic rings. The molecule has 1 heterocycles. The number of thioether (sulfide) groups is 1. The number of nitrogens with one attached hydrogen (secondary N) is 2. The fourth-order valence-electron chi connectivity index (χ4n) is 4.31. The number of benzene rings is 3. The summed E-state index contributed by atoms with van der Waals surface area (Å²) >= 11 is 1.45. The summed E-state index contributed by atoms with van der Waals surface area (Å²) in [5.41, 5.74) is 3.50. The minimum atomic E-state index is -0.963. The zero-order chi connectivity index (χ0) is 27.1. The quantitative estimate of drug-likeness (QED) is 0.263. The minimum Gasteiger partial charge on any atom is -0.478 e. The Morgan fingerprint density at radius 1 is 0.947 bits per heavy atom. The standard InChI is InChI=1S/C29H32N2O6S/c1-3-30-29(35)31-22-14-12-21(13-15-22)28-36-24(17-38-25-7-5-4-6-23(25)27(33)34)18(2)26(37-28)20-10-8-19(16-32)9-11-20/h4-15,18,24,26,28,32H,3,16-17H2,1-2H3,(H,33,34)(H2,30,31,35). The average molecular weight is 537 g/mol. The van der Waals surface area contributed by atoms with Gasteiger partial charge in [0.1, 0.15) is 0 Å². The molecule has 9 heteroatoms. The third-order valence-corrected chi connectivity index (χ3v) is 7.58. The van der Waals surface area contributed by atoms with Gasteiger partial charge in [0.15, 0.2) is 6.29 Å². The van der Waals surface area contributed by atoms with Gasteiger partial charge in [-0.2, -0.15) is 0 Å². The Morgan fingerprint density at radius 2 is 1.63 bits per heavy atom. The molecule has 0 aromatic heterocycles. The van der Waals surface area contributed by atoms with Crippen molar-refractivity contribution in [3.05, 3.63) is 95.1 Å². The molecule has 1 saturated heterocycles. The molecule has 4 atom stereocenters. The van der Waals surface area contributed by atoms with Crippen molar-refractivity contribution in [2.45, 2.75) is 43.8 Å². The van der Waals surface area contributed by atoms with Gasteiger partial charge in [0, 0.05) is 34.4 Å². The first-order chi connectivity index (χ1) is 18.4. The van der Waals surface area contributed by atoms with Crippen molar-refractivity contribution in [3.63, 3.8) is 0 Å². The lowest BCUT2D eigenvalue weighted by Gasteiger charge is -2.41. The van der Waals surface area contributed by atoms with E-state index >= 15 is 0 Å². The molecule has 4 rings (SSSR count). The molecule has 0 bridgehead atoms. The van der Waals surface area contributed by atoms with E-state index in [1.54, 1.807) is 30.3 Å². The lowest BCUT2D eigenvalue weighted by molar-refractivity contribution is -0.268. The van der Waals surface area contributed by atoms with E-state index in [1.165, 1.54) is 11.8 Å². The van der Waals surface area contributed by atoms with Crippen LogP contribution in [0.3, 0.4) is 0 Å². The van der Waals surface area contributed by atoms with E-state index in [2.05, 4.69) is 17.6 Å². The van der Waals surface area contributed by atoms with Crippen molar-refractivity contribution in [1.82, 2.24) is 5.32 Å². The number of aromatic carboxylic acids is 1. The van der Waals surface area contributed by atoms with Crippen molar-refractivity contribution in [3.8, 4) is 0 Å². The van der Waals surface area contributed by atoms with Gasteiger partial charge in [0.2, 0.25) is 0 Å². The van der Waals surface area contributed by atoms with Crippen molar-refractivity contribution in [2.24, 2.45) is 5.92 Å². The second-order valence-corrected chi connectivity index (χ2v) is 10.1. The van der Waals surface area contributed by atoms with E-state index < -0.39 is 12.3 Å². The largest absolute Gasteiger partial charge is 0.478 e. The van der Waals surface area contributed by atoms with Crippen LogP contribution in [0.15, 0.2) is 77.7 Å². The number of ether oxygens (including phenoxy) is 2. The number of anilines is 1. The fourth-order valence-corrected chi connectivity index (χ4v) is 5.52. The number of carboxylic acids is 1. The summed E-state index contributed by atoms with van der Waals surface area (Å²) in [6, 6.07) is 21.7. The Balaban J connectivity index is 1.57. The summed E-state index contributed by atoms with van der Waals surface area (Å²) in [7, 11) is 0. The SMILES string of the molecule is CCNC(=O)Nc1ccc(C2OC(CSc3ccccc3C(=O)O)C(C)C(c3ccc(CO)cc3)O2)cc1. The molecule has 0 saturated carbocycles. The van der Waals surface area contributed by atoms with E-state index in [4.69, 9.17) is 9.47 Å². The predicted molar refractivity (Wildman–Crippen MR) is 146 cm³/mol. The topological polar surface area (TPSA) is 117 Å². The van der Waals surface area contributed by atoms with Gasteiger partial charge in [-0.1, -0.05) is 55.5 Å². The highest BCUT2D eigenvalue weighted by molar-refractivity contribution is 7.99. The summed E-state index contributed by atoms with van der Waals surface area (Å²) in [5, 5.41) is 24.5. The lowest BCUT2D eigenvalue weighted by atomic mass is 9.91. The summed E-state index contributed by atoms with van der Waals surface area (Å²) < 4.78 is 12.9. The number of hydrogen-bond acceptors (Lipinski definition) is 6. The number of urea groups is 1. The van der Waals surface area contributed by atoms with Crippen molar-refractivity contribution < 1.29 is 29.3 Å². The highest BCUT2D eigenvalue weighted by Gasteiger charge is 2.38. The molecule has 1 fully saturated rings. The Morgan fingerprint density at radius 3 is 2.29 bits per heavy atom. The average Bonchev–Trinajstić information content (AvgIpc) is 2.93. The number of hydrogen-bond donors (Lipinski definition) is 4. The first-order valence-corrected chi connectivity index (χ1v) is 13.5. The monoisotopic (exact) mass is 536 g/mol. The number of aliphatic hydroxyl groups excluding tert-OH is 1. The van der Waals surface area contributed by atoms with Crippen LogP contribution in [0.5, 0.6) is 0 Å². The number of carbonyl (C=O) groups excluding carboxylic acids is 1. The minimum absolute atomic E-state index is 0.0330. The van der Waals surface area contributed by atoms with Crippen LogP contribution in [-0.2, 0) is 16.1 Å². The van der Waals surface area contributed by atoms with Gasteiger partial charge in [-0.25, -0.2) is 9.59 Å². The number of amides is 2. The molecule has 0 aliphatic carbocycles. The van der Waals surface area contributed by atoms with E-state index in [9.17, 15) is 19.8 Å². The van der Waals surface area contributed by atoms with Gasteiger partial charge in [0.05, 0.1) is 24.4 Å². The van der Waals surface area contributed by atoms with E-state index in [0.29, 0.717) is 22.9 Å². The summed E-state index contributed by atoms with van der Waals surface area (Å²) in [6.07, 6.45) is -1.18. The smallest absolute Gasteiger partial charge is 0.336 e. The van der Waals surface area contributed by atoms with Gasteiger partial charge >= 0.3 is 12.0 Å². The summed E-state index contributed by atoms with van der Waals surface area (Å²) in [5.74, 6) is -0.461. The fraction of sp³-hybridized carbons (Fsp3) is 0.310. The number of rotatable bonds is 9. The molecule has 1 aliphatic heterocycles. The van der Waals surface area contributed by atoms with Crippen LogP contribution >= 0.6 is 11.8 Å². The Labute approximate surface area is 226 Å². The van der Waals surface area contributed by atoms with Gasteiger partial charge in [-0.3, -0.25) is 0 Å². The molecular weight excluding hydrogens is 504 g/mol.